The standard InChI is InChI=1S/C34H36N4O7/c1-3-5-6-7-19-45-26-14-12-25(13-15-26)37-18-17-24-20-23(11-16-29(24)37)9-8-10-27-32(41)36(4-2)31(28(21-35)34(43)44)38(33(27)42)22-30(39)40/h8-16,20H,3-7,17-19,22H2,1-2H3,(H,39,40)(H,43,44). The van der Waals surface area contributed by atoms with Gasteiger partial charge in [0, 0.05) is 24.5 Å². The first-order valence-electron chi connectivity index (χ1n) is 14.9. The molecular formula is C34H36N4O7. The molecule has 0 aliphatic carbocycles. The highest BCUT2D eigenvalue weighted by Crippen LogP contribution is 2.36. The number of carboxylic acid groups (broad SMARTS) is 2. The van der Waals surface area contributed by atoms with E-state index in [4.69, 9.17) is 4.74 Å². The highest BCUT2D eigenvalue weighted by Gasteiger charge is 2.21. The number of nitrogens with zero attached hydrogens (tertiary/aromatic N) is 4. The second-order valence-electron chi connectivity index (χ2n) is 10.6. The van der Waals surface area contributed by atoms with Gasteiger partial charge in [0.15, 0.2) is 5.57 Å². The van der Waals surface area contributed by atoms with E-state index in [0.717, 1.165) is 52.2 Å². The van der Waals surface area contributed by atoms with Crippen LogP contribution in [0.1, 0.15) is 50.7 Å². The molecule has 2 heterocycles. The zero-order valence-electron chi connectivity index (χ0n) is 25.4. The third-order valence-electron chi connectivity index (χ3n) is 7.59. The predicted octanol–water partition coefficient (Wildman–Crippen LogP) is 3.02. The minimum atomic E-state index is -1.68. The van der Waals surface area contributed by atoms with Gasteiger partial charge in [-0.05, 0) is 73.4 Å². The molecule has 11 nitrogen and oxygen atoms in total. The van der Waals surface area contributed by atoms with Gasteiger partial charge in [-0.3, -0.25) is 23.5 Å². The van der Waals surface area contributed by atoms with Crippen LogP contribution in [0.5, 0.6) is 5.75 Å². The van der Waals surface area contributed by atoms with Crippen LogP contribution in [-0.2, 0) is 29.1 Å². The maximum atomic E-state index is 13.2. The number of unbranched alkanes of at least 4 members (excludes halogenated alkanes) is 3. The molecule has 0 saturated carbocycles. The van der Waals surface area contributed by atoms with Crippen molar-refractivity contribution < 1.29 is 24.5 Å². The van der Waals surface area contributed by atoms with Gasteiger partial charge in [0.05, 0.1) is 6.61 Å². The van der Waals surface area contributed by atoms with Gasteiger partial charge < -0.3 is 19.8 Å². The normalized spacial score (nSPS) is 13.5. The summed E-state index contributed by atoms with van der Waals surface area (Å²) in [7, 11) is 0. The van der Waals surface area contributed by atoms with Crippen molar-refractivity contribution in [2.45, 2.75) is 59.0 Å². The van der Waals surface area contributed by atoms with Crippen LogP contribution in [0.4, 0.5) is 11.4 Å². The Balaban J connectivity index is 1.61. The molecule has 1 aromatic heterocycles. The van der Waals surface area contributed by atoms with Gasteiger partial charge >= 0.3 is 11.9 Å². The van der Waals surface area contributed by atoms with Gasteiger partial charge in [-0.15, -0.1) is 0 Å². The fraction of sp³-hybridized carbons (Fsp3) is 0.324. The Morgan fingerprint density at radius 3 is 2.38 bits per heavy atom. The number of aromatic nitrogens is 2. The molecular weight excluding hydrogens is 576 g/mol. The third-order valence-corrected chi connectivity index (χ3v) is 7.59. The zero-order valence-corrected chi connectivity index (χ0v) is 25.4. The molecule has 0 atom stereocenters. The fourth-order valence-electron chi connectivity index (χ4n) is 5.39. The van der Waals surface area contributed by atoms with Gasteiger partial charge in [-0.2, -0.15) is 5.26 Å². The van der Waals surface area contributed by atoms with Gasteiger partial charge in [0.2, 0.25) is 0 Å². The Morgan fingerprint density at radius 2 is 1.73 bits per heavy atom. The number of carbonyl (C=O) groups is 2. The average Bonchev–Trinajstić information content (AvgIpc) is 3.44. The third kappa shape index (κ3) is 7.41. The maximum Gasteiger partial charge on any atom is 0.350 e. The quantitative estimate of drug-likeness (QED) is 0.277. The Morgan fingerprint density at radius 1 is 1.00 bits per heavy atom. The van der Waals surface area contributed by atoms with Crippen molar-refractivity contribution in [3.05, 3.63) is 91.1 Å². The van der Waals surface area contributed by atoms with Crippen molar-refractivity contribution in [2.75, 3.05) is 18.1 Å². The largest absolute Gasteiger partial charge is 0.494 e. The highest BCUT2D eigenvalue weighted by molar-refractivity contribution is 6.13. The summed E-state index contributed by atoms with van der Waals surface area (Å²) in [6.07, 6.45) is 9.98. The summed E-state index contributed by atoms with van der Waals surface area (Å²) >= 11 is 0. The van der Waals surface area contributed by atoms with E-state index in [9.17, 15) is 34.7 Å². The molecule has 3 aromatic rings. The molecule has 1 aliphatic heterocycles. The molecule has 2 N–H and O–H groups in total. The number of ether oxygens (including phenoxy) is 1. The number of rotatable bonds is 13. The molecule has 1 aliphatic rings. The molecule has 45 heavy (non-hydrogen) atoms. The van der Waals surface area contributed by atoms with Crippen LogP contribution < -0.4 is 31.5 Å². The molecule has 234 valence electrons. The van der Waals surface area contributed by atoms with Crippen LogP contribution in [0.15, 0.2) is 58.1 Å². The molecule has 0 bridgehead atoms. The average molecular weight is 613 g/mol. The second kappa shape index (κ2) is 14.9. The fourth-order valence-corrected chi connectivity index (χ4v) is 5.39. The number of fused-ring (bicyclic) bond motifs is 1. The van der Waals surface area contributed by atoms with Crippen LogP contribution in [0, 0.1) is 11.3 Å². The first kappa shape index (κ1) is 32.5. The number of carboxylic acids is 2. The van der Waals surface area contributed by atoms with E-state index >= 15 is 0 Å². The molecule has 2 aromatic carbocycles. The maximum absolute atomic E-state index is 13.2. The van der Waals surface area contributed by atoms with Gasteiger partial charge in [0.1, 0.15) is 29.1 Å². The second-order valence-corrected chi connectivity index (χ2v) is 10.6. The lowest BCUT2D eigenvalue weighted by atomic mass is 10.1. The summed E-state index contributed by atoms with van der Waals surface area (Å²) in [6.45, 7) is 4.23. The minimum Gasteiger partial charge on any atom is -0.494 e. The topological polar surface area (TPSA) is 155 Å². The van der Waals surface area contributed by atoms with Gasteiger partial charge in [-0.25, -0.2) is 4.79 Å². The summed E-state index contributed by atoms with van der Waals surface area (Å²) in [5, 5.41) is 27.9. The van der Waals surface area contributed by atoms with E-state index in [1.807, 2.05) is 30.3 Å². The minimum absolute atomic E-state index is 0.0901. The molecule has 0 fully saturated rings. The lowest BCUT2D eigenvalue weighted by Gasteiger charge is -2.20. The van der Waals surface area contributed by atoms with Crippen molar-refractivity contribution in [1.29, 1.82) is 5.26 Å². The molecule has 0 amide bonds. The van der Waals surface area contributed by atoms with E-state index in [0.29, 0.717) is 11.2 Å². The lowest BCUT2D eigenvalue weighted by molar-refractivity contribution is -0.138. The van der Waals surface area contributed by atoms with Crippen LogP contribution in [0.3, 0.4) is 0 Å². The van der Waals surface area contributed by atoms with Crippen molar-refractivity contribution in [1.82, 2.24) is 9.13 Å². The smallest absolute Gasteiger partial charge is 0.350 e. The first-order chi connectivity index (χ1) is 21.7. The van der Waals surface area contributed by atoms with E-state index in [-0.39, 0.29) is 11.8 Å². The van der Waals surface area contributed by atoms with E-state index in [1.165, 1.54) is 44.4 Å². The summed E-state index contributed by atoms with van der Waals surface area (Å²) in [4.78, 5) is 51.9. The number of hydrogen-bond donors (Lipinski definition) is 2. The van der Waals surface area contributed by atoms with Crippen LogP contribution in [-0.4, -0.2) is 44.4 Å². The molecule has 0 radical (unpaired) electrons. The summed E-state index contributed by atoms with van der Waals surface area (Å²) in [5.41, 5.74) is 0.851. The lowest BCUT2D eigenvalue weighted by Crippen LogP contribution is -2.59. The van der Waals surface area contributed by atoms with Crippen LogP contribution in [0.2, 0.25) is 0 Å². The van der Waals surface area contributed by atoms with Crippen LogP contribution >= 0.6 is 0 Å². The number of anilines is 2. The number of allylic oxidation sites excluding steroid dienone is 1. The summed E-state index contributed by atoms with van der Waals surface area (Å²) in [6, 6.07) is 15.5. The highest BCUT2D eigenvalue weighted by atomic mass is 16.5. The first-order valence-corrected chi connectivity index (χ1v) is 14.9. The SMILES string of the molecule is CCCCCCOc1ccc(N2CCc3cc(C=CC=c4c(=O)n(CC)c(=C(C#N)C(=O)O)n(CC(=O)O)c4=O)ccc32)cc1. The van der Waals surface area contributed by atoms with E-state index < -0.39 is 40.7 Å². The zero-order chi connectivity index (χ0) is 32.5. The summed E-state index contributed by atoms with van der Waals surface area (Å²) in [5.74, 6) is -2.26. The number of hydrogen-bond acceptors (Lipinski definition) is 7. The van der Waals surface area contributed by atoms with Crippen molar-refractivity contribution in [2.24, 2.45) is 0 Å². The Hall–Kier alpha value is -5.37. The van der Waals surface area contributed by atoms with Crippen LogP contribution in [0.25, 0.3) is 17.7 Å². The molecule has 11 heteroatoms. The number of nitriles is 1. The van der Waals surface area contributed by atoms with Crippen molar-refractivity contribution >= 4 is 41.0 Å². The number of aliphatic carboxylic acids is 2. The van der Waals surface area contributed by atoms with Crippen molar-refractivity contribution in [3.8, 4) is 11.8 Å². The monoisotopic (exact) mass is 612 g/mol. The molecule has 0 spiro atoms. The van der Waals surface area contributed by atoms with Gasteiger partial charge in [0.25, 0.3) is 11.1 Å². The molecule has 0 unspecified atom stereocenters. The Labute approximate surface area is 259 Å². The number of benzene rings is 2. The summed E-state index contributed by atoms with van der Waals surface area (Å²) < 4.78 is 7.43. The Bertz CT molecular complexity index is 1900. The van der Waals surface area contributed by atoms with Crippen molar-refractivity contribution in [3.63, 3.8) is 0 Å². The molecule has 4 rings (SSSR count). The van der Waals surface area contributed by atoms with Gasteiger partial charge in [-0.1, -0.05) is 44.4 Å². The van der Waals surface area contributed by atoms with E-state index in [2.05, 4.69) is 24.0 Å². The Kier molecular flexibility index (Phi) is 10.8. The molecule has 0 saturated heterocycles. The van der Waals surface area contributed by atoms with E-state index in [1.54, 1.807) is 6.08 Å². The predicted molar refractivity (Wildman–Crippen MR) is 171 cm³/mol.